The fourth-order valence-electron chi connectivity index (χ4n) is 1.63. The molecule has 0 spiro atoms. The van der Waals surface area contributed by atoms with Gasteiger partial charge >= 0.3 is 0 Å². The molecule has 0 aliphatic rings. The summed E-state index contributed by atoms with van der Waals surface area (Å²) in [6.45, 7) is 11.5. The van der Waals surface area contributed by atoms with Gasteiger partial charge in [0.05, 0.1) is 0 Å². The number of halogens is 1. The van der Waals surface area contributed by atoms with Crippen molar-refractivity contribution in [2.24, 2.45) is 5.92 Å². The molecule has 0 radical (unpaired) electrons. The lowest BCUT2D eigenvalue weighted by molar-refractivity contribution is 0.146. The Morgan fingerprint density at radius 1 is 1.22 bits per heavy atom. The van der Waals surface area contributed by atoms with Gasteiger partial charge in [0, 0.05) is 17.6 Å². The molecule has 1 aromatic carbocycles. The van der Waals surface area contributed by atoms with Crippen LogP contribution in [-0.4, -0.2) is 18.7 Å². The van der Waals surface area contributed by atoms with Crippen molar-refractivity contribution in [1.29, 1.82) is 0 Å². The number of hydrogen-bond acceptors (Lipinski definition) is 2. The van der Waals surface area contributed by atoms with Crippen LogP contribution in [0.1, 0.15) is 33.3 Å². The number of rotatable bonds is 6. The van der Waals surface area contributed by atoms with Crippen molar-refractivity contribution in [2.45, 2.75) is 46.8 Å². The van der Waals surface area contributed by atoms with Gasteiger partial charge in [-0.3, -0.25) is 0 Å². The number of ether oxygens (including phenoxy) is 1. The van der Waals surface area contributed by atoms with E-state index in [-0.39, 0.29) is 6.10 Å². The lowest BCUT2D eigenvalue weighted by Crippen LogP contribution is -2.38. The first-order valence-corrected chi connectivity index (χ1v) is 6.94. The quantitative estimate of drug-likeness (QED) is 0.841. The van der Waals surface area contributed by atoms with Gasteiger partial charge < -0.3 is 10.1 Å². The van der Waals surface area contributed by atoms with Gasteiger partial charge in [-0.2, -0.15) is 0 Å². The van der Waals surface area contributed by atoms with E-state index in [0.29, 0.717) is 12.0 Å². The highest BCUT2D eigenvalue weighted by Gasteiger charge is 2.15. The van der Waals surface area contributed by atoms with Crippen molar-refractivity contribution in [2.75, 3.05) is 6.54 Å². The van der Waals surface area contributed by atoms with Crippen LogP contribution >= 0.6 is 11.6 Å². The first kappa shape index (κ1) is 15.3. The van der Waals surface area contributed by atoms with E-state index in [1.54, 1.807) is 0 Å². The minimum absolute atomic E-state index is 0.174. The van der Waals surface area contributed by atoms with E-state index in [0.717, 1.165) is 22.9 Å². The van der Waals surface area contributed by atoms with Crippen LogP contribution in [0.5, 0.6) is 5.75 Å². The normalized spacial score (nSPS) is 13.1. The molecule has 1 rings (SSSR count). The molecule has 2 nitrogen and oxygen atoms in total. The fraction of sp³-hybridized carbons (Fsp3) is 0.600. The zero-order valence-corrected chi connectivity index (χ0v) is 12.7. The summed E-state index contributed by atoms with van der Waals surface area (Å²) in [5.41, 5.74) is 1.05. The third-order valence-electron chi connectivity index (χ3n) is 2.89. The Balaban J connectivity index is 2.67. The average molecular weight is 270 g/mol. The average Bonchev–Trinajstić information content (AvgIpc) is 2.28. The highest BCUT2D eigenvalue weighted by molar-refractivity contribution is 6.31. The Morgan fingerprint density at radius 2 is 1.89 bits per heavy atom. The Labute approximate surface area is 116 Å². The summed E-state index contributed by atoms with van der Waals surface area (Å²) in [7, 11) is 0. The summed E-state index contributed by atoms with van der Waals surface area (Å²) < 4.78 is 6.04. The van der Waals surface area contributed by atoms with Crippen LogP contribution in [0, 0.1) is 12.8 Å². The van der Waals surface area contributed by atoms with Gasteiger partial charge in [-0.1, -0.05) is 39.3 Å². The van der Waals surface area contributed by atoms with Gasteiger partial charge in [0.2, 0.25) is 0 Å². The van der Waals surface area contributed by atoms with Crippen molar-refractivity contribution in [3.63, 3.8) is 0 Å². The molecule has 1 N–H and O–H groups in total. The van der Waals surface area contributed by atoms with Crippen LogP contribution in [0.2, 0.25) is 5.02 Å². The van der Waals surface area contributed by atoms with Gasteiger partial charge in [-0.15, -0.1) is 0 Å². The van der Waals surface area contributed by atoms with E-state index in [4.69, 9.17) is 16.3 Å². The SMILES string of the molecule is Cc1cc(OC(CNC(C)C)C(C)C)ccc1Cl. The highest BCUT2D eigenvalue weighted by Crippen LogP contribution is 2.23. The van der Waals surface area contributed by atoms with Crippen LogP contribution < -0.4 is 10.1 Å². The minimum Gasteiger partial charge on any atom is -0.489 e. The summed E-state index contributed by atoms with van der Waals surface area (Å²) in [5, 5.41) is 4.20. The number of aryl methyl sites for hydroxylation is 1. The van der Waals surface area contributed by atoms with Gasteiger partial charge in [-0.05, 0) is 36.6 Å². The Hall–Kier alpha value is -0.730. The predicted molar refractivity (Wildman–Crippen MR) is 78.6 cm³/mol. The molecule has 102 valence electrons. The van der Waals surface area contributed by atoms with E-state index >= 15 is 0 Å². The van der Waals surface area contributed by atoms with E-state index in [1.165, 1.54) is 0 Å². The van der Waals surface area contributed by atoms with Crippen molar-refractivity contribution in [3.05, 3.63) is 28.8 Å². The summed E-state index contributed by atoms with van der Waals surface area (Å²) in [6, 6.07) is 6.29. The first-order chi connectivity index (χ1) is 8.40. The molecule has 0 fully saturated rings. The topological polar surface area (TPSA) is 21.3 Å². The molecule has 0 aliphatic carbocycles. The Kier molecular flexibility index (Phi) is 5.97. The molecule has 3 heteroatoms. The maximum atomic E-state index is 6.04. The standard InChI is InChI=1S/C15H24ClNO/c1-10(2)15(9-17-11(3)4)18-13-6-7-14(16)12(5)8-13/h6-8,10-11,15,17H,9H2,1-5H3. The number of nitrogens with one attached hydrogen (secondary N) is 1. The Morgan fingerprint density at radius 3 is 2.39 bits per heavy atom. The number of hydrogen-bond donors (Lipinski definition) is 1. The van der Waals surface area contributed by atoms with Gasteiger partial charge in [0.1, 0.15) is 11.9 Å². The third kappa shape index (κ3) is 4.87. The fourth-order valence-corrected chi connectivity index (χ4v) is 1.75. The molecule has 1 unspecified atom stereocenters. The lowest BCUT2D eigenvalue weighted by atomic mass is 10.1. The molecule has 18 heavy (non-hydrogen) atoms. The van der Waals surface area contributed by atoms with Crippen molar-refractivity contribution >= 4 is 11.6 Å². The monoisotopic (exact) mass is 269 g/mol. The van der Waals surface area contributed by atoms with E-state index < -0.39 is 0 Å². The summed E-state index contributed by atoms with van der Waals surface area (Å²) in [5.74, 6) is 1.35. The second-order valence-electron chi connectivity index (χ2n) is 5.37. The zero-order valence-electron chi connectivity index (χ0n) is 12.0. The largest absolute Gasteiger partial charge is 0.489 e. The molecule has 0 aliphatic heterocycles. The maximum Gasteiger partial charge on any atom is 0.120 e. The van der Waals surface area contributed by atoms with Gasteiger partial charge in [0.25, 0.3) is 0 Å². The van der Waals surface area contributed by atoms with Crippen molar-refractivity contribution < 1.29 is 4.74 Å². The van der Waals surface area contributed by atoms with E-state index in [1.807, 2.05) is 25.1 Å². The first-order valence-electron chi connectivity index (χ1n) is 6.56. The smallest absolute Gasteiger partial charge is 0.120 e. The second-order valence-corrected chi connectivity index (χ2v) is 5.78. The molecule has 0 aromatic heterocycles. The lowest BCUT2D eigenvalue weighted by Gasteiger charge is -2.24. The maximum absolute atomic E-state index is 6.04. The molecule has 1 atom stereocenters. The number of benzene rings is 1. The van der Waals surface area contributed by atoms with Crippen molar-refractivity contribution in [1.82, 2.24) is 5.32 Å². The Bertz CT molecular complexity index is 377. The minimum atomic E-state index is 0.174. The van der Waals surface area contributed by atoms with Crippen LogP contribution in [0.15, 0.2) is 18.2 Å². The molecule has 0 amide bonds. The van der Waals surface area contributed by atoms with Crippen LogP contribution in [0.4, 0.5) is 0 Å². The summed E-state index contributed by atoms with van der Waals surface area (Å²) in [6.07, 6.45) is 0.174. The van der Waals surface area contributed by atoms with Gasteiger partial charge in [0.15, 0.2) is 0 Å². The second kappa shape index (κ2) is 7.01. The summed E-state index contributed by atoms with van der Waals surface area (Å²) in [4.78, 5) is 0. The molecular weight excluding hydrogens is 246 g/mol. The molecule has 0 saturated heterocycles. The molecule has 0 heterocycles. The highest BCUT2D eigenvalue weighted by atomic mass is 35.5. The van der Waals surface area contributed by atoms with Crippen molar-refractivity contribution in [3.8, 4) is 5.75 Å². The zero-order chi connectivity index (χ0) is 13.7. The van der Waals surface area contributed by atoms with Crippen LogP contribution in [-0.2, 0) is 0 Å². The molecular formula is C15H24ClNO. The van der Waals surface area contributed by atoms with Crippen LogP contribution in [0.25, 0.3) is 0 Å². The summed E-state index contributed by atoms with van der Waals surface area (Å²) >= 11 is 6.01. The van der Waals surface area contributed by atoms with E-state index in [9.17, 15) is 0 Å². The third-order valence-corrected chi connectivity index (χ3v) is 3.31. The van der Waals surface area contributed by atoms with Crippen LogP contribution in [0.3, 0.4) is 0 Å². The molecule has 0 bridgehead atoms. The van der Waals surface area contributed by atoms with E-state index in [2.05, 4.69) is 33.0 Å². The molecule has 0 saturated carbocycles. The molecule has 1 aromatic rings. The predicted octanol–water partition coefficient (Wildman–Crippen LogP) is 4.05. The van der Waals surface area contributed by atoms with Gasteiger partial charge in [-0.25, -0.2) is 0 Å².